The number of fused-ring (bicyclic) bond motifs is 1. The first kappa shape index (κ1) is 14.6. The number of benzene rings is 1. The number of carbonyl (C=O) groups is 1. The van der Waals surface area contributed by atoms with E-state index < -0.39 is 5.97 Å². The van der Waals surface area contributed by atoms with Crippen LogP contribution in [0.25, 0.3) is 11.0 Å². The highest BCUT2D eigenvalue weighted by Crippen LogP contribution is 2.21. The molecule has 0 spiro atoms. The molecule has 0 radical (unpaired) electrons. The van der Waals surface area contributed by atoms with E-state index in [9.17, 15) is 4.79 Å². The minimum absolute atomic E-state index is 0.0365. The molecule has 0 amide bonds. The molecule has 1 aromatic heterocycles. The lowest BCUT2D eigenvalue weighted by molar-refractivity contribution is 0.0230. The second kappa shape index (κ2) is 5.64. The third-order valence-electron chi connectivity index (χ3n) is 3.22. The molecule has 0 atom stereocenters. The largest absolute Gasteiger partial charge is 0.475 e. The van der Waals surface area contributed by atoms with Crippen LogP contribution in [0.1, 0.15) is 30.0 Å². The minimum Gasteiger partial charge on any atom is -0.475 e. The fourth-order valence-corrected chi connectivity index (χ4v) is 1.89. The van der Waals surface area contributed by atoms with E-state index in [2.05, 4.69) is 5.32 Å². The number of hydrogen-bond acceptors (Lipinski definition) is 4. The summed E-state index contributed by atoms with van der Waals surface area (Å²) in [5, 5.41) is 13.0. The first-order valence-electron chi connectivity index (χ1n) is 6.43. The summed E-state index contributed by atoms with van der Waals surface area (Å²) in [4.78, 5) is 10.9. The van der Waals surface area contributed by atoms with Gasteiger partial charge in [-0.05, 0) is 37.6 Å². The number of ether oxygens (including phenoxy) is 1. The van der Waals surface area contributed by atoms with Gasteiger partial charge in [0.15, 0.2) is 0 Å². The maximum absolute atomic E-state index is 10.9. The van der Waals surface area contributed by atoms with Gasteiger partial charge in [0.25, 0.3) is 0 Å². The third kappa shape index (κ3) is 3.37. The van der Waals surface area contributed by atoms with E-state index in [0.29, 0.717) is 12.1 Å². The number of carboxylic acids is 1. The second-order valence-corrected chi connectivity index (χ2v) is 5.36. The van der Waals surface area contributed by atoms with Crippen molar-refractivity contribution in [3.05, 3.63) is 35.6 Å². The molecule has 2 aromatic rings. The number of hydrogen-bond donors (Lipinski definition) is 2. The number of aromatic carboxylic acids is 1. The van der Waals surface area contributed by atoms with Crippen LogP contribution in [0.2, 0.25) is 0 Å². The lowest BCUT2D eigenvalue weighted by Gasteiger charge is -2.23. The molecule has 0 saturated heterocycles. The van der Waals surface area contributed by atoms with Crippen LogP contribution in [0.5, 0.6) is 0 Å². The number of rotatable bonds is 6. The van der Waals surface area contributed by atoms with Gasteiger partial charge in [0.1, 0.15) is 5.58 Å². The Bertz CT molecular complexity index is 615. The zero-order valence-electron chi connectivity index (χ0n) is 11.9. The van der Waals surface area contributed by atoms with Crippen molar-refractivity contribution < 1.29 is 19.1 Å². The number of furan rings is 1. The standard InChI is InChI=1S/C15H19NO4/c1-15(2,19-3)9-16-8-10-4-5-12-11(6-10)7-13(20-12)14(17)18/h4-7,16H,8-9H2,1-3H3,(H,17,18). The van der Waals surface area contributed by atoms with Gasteiger partial charge >= 0.3 is 5.97 Å². The normalized spacial score (nSPS) is 11.9. The van der Waals surface area contributed by atoms with Crippen molar-refractivity contribution in [2.24, 2.45) is 0 Å². The Morgan fingerprint density at radius 3 is 2.80 bits per heavy atom. The SMILES string of the molecule is COC(C)(C)CNCc1ccc2oc(C(=O)O)cc2c1. The van der Waals surface area contributed by atoms with E-state index in [1.54, 1.807) is 19.2 Å². The van der Waals surface area contributed by atoms with Crippen molar-refractivity contribution in [2.45, 2.75) is 26.0 Å². The van der Waals surface area contributed by atoms with Crippen molar-refractivity contribution in [2.75, 3.05) is 13.7 Å². The van der Waals surface area contributed by atoms with E-state index >= 15 is 0 Å². The molecule has 2 N–H and O–H groups in total. The Morgan fingerprint density at radius 1 is 1.40 bits per heavy atom. The molecule has 2 rings (SSSR count). The van der Waals surface area contributed by atoms with Gasteiger partial charge in [0, 0.05) is 25.6 Å². The summed E-state index contributed by atoms with van der Waals surface area (Å²) < 4.78 is 10.6. The number of nitrogens with one attached hydrogen (secondary N) is 1. The highest BCUT2D eigenvalue weighted by molar-refractivity contribution is 5.91. The highest BCUT2D eigenvalue weighted by atomic mass is 16.5. The van der Waals surface area contributed by atoms with Gasteiger partial charge < -0.3 is 19.6 Å². The summed E-state index contributed by atoms with van der Waals surface area (Å²) in [6.45, 7) is 5.44. The van der Waals surface area contributed by atoms with Crippen LogP contribution in [0, 0.1) is 0 Å². The molecule has 1 aromatic carbocycles. The Labute approximate surface area is 117 Å². The zero-order valence-corrected chi connectivity index (χ0v) is 11.9. The zero-order chi connectivity index (χ0) is 14.8. The molecule has 108 valence electrons. The number of carboxylic acid groups (broad SMARTS) is 1. The summed E-state index contributed by atoms with van der Waals surface area (Å²) in [7, 11) is 1.69. The summed E-state index contributed by atoms with van der Waals surface area (Å²) in [5.41, 5.74) is 1.45. The molecule has 0 aliphatic heterocycles. The molecule has 0 fully saturated rings. The van der Waals surface area contributed by atoms with Gasteiger partial charge in [-0.25, -0.2) is 4.79 Å². The van der Waals surface area contributed by atoms with Crippen LogP contribution in [0.15, 0.2) is 28.7 Å². The van der Waals surface area contributed by atoms with Crippen LogP contribution >= 0.6 is 0 Å². The van der Waals surface area contributed by atoms with Gasteiger partial charge in [-0.2, -0.15) is 0 Å². The first-order chi connectivity index (χ1) is 9.41. The van der Waals surface area contributed by atoms with Crippen molar-refractivity contribution in [3.8, 4) is 0 Å². The quantitative estimate of drug-likeness (QED) is 0.849. The first-order valence-corrected chi connectivity index (χ1v) is 6.43. The molecular formula is C15H19NO4. The van der Waals surface area contributed by atoms with Gasteiger partial charge in [0.2, 0.25) is 5.76 Å². The maximum atomic E-state index is 10.9. The van der Waals surface area contributed by atoms with Gasteiger partial charge in [-0.15, -0.1) is 0 Å². The summed E-state index contributed by atoms with van der Waals surface area (Å²) >= 11 is 0. The summed E-state index contributed by atoms with van der Waals surface area (Å²) in [5.74, 6) is -1.09. The Kier molecular flexibility index (Phi) is 4.11. The Morgan fingerprint density at radius 2 is 2.15 bits per heavy atom. The lowest BCUT2D eigenvalue weighted by atomic mass is 10.1. The van der Waals surface area contributed by atoms with Gasteiger partial charge in [-0.3, -0.25) is 0 Å². The van der Waals surface area contributed by atoms with Crippen LogP contribution in [-0.4, -0.2) is 30.3 Å². The second-order valence-electron chi connectivity index (χ2n) is 5.36. The smallest absolute Gasteiger partial charge is 0.371 e. The Balaban J connectivity index is 2.06. The lowest BCUT2D eigenvalue weighted by Crippen LogP contribution is -2.36. The molecule has 0 bridgehead atoms. The summed E-state index contributed by atoms with van der Waals surface area (Å²) in [6, 6.07) is 7.18. The van der Waals surface area contributed by atoms with Crippen LogP contribution in [0.4, 0.5) is 0 Å². The fraction of sp³-hybridized carbons (Fsp3) is 0.400. The van der Waals surface area contributed by atoms with Crippen LogP contribution < -0.4 is 5.32 Å². The molecule has 1 heterocycles. The van der Waals surface area contributed by atoms with Crippen LogP contribution in [0.3, 0.4) is 0 Å². The fourth-order valence-electron chi connectivity index (χ4n) is 1.89. The monoisotopic (exact) mass is 277 g/mol. The molecular weight excluding hydrogens is 258 g/mol. The number of methoxy groups -OCH3 is 1. The summed E-state index contributed by atoms with van der Waals surface area (Å²) in [6.07, 6.45) is 0. The predicted molar refractivity (Wildman–Crippen MR) is 76.0 cm³/mol. The van der Waals surface area contributed by atoms with Crippen molar-refractivity contribution >= 4 is 16.9 Å². The molecule has 0 aliphatic rings. The van der Waals surface area contributed by atoms with E-state index in [-0.39, 0.29) is 11.4 Å². The van der Waals surface area contributed by atoms with Crippen molar-refractivity contribution in [3.63, 3.8) is 0 Å². The van der Waals surface area contributed by atoms with Gasteiger partial charge in [-0.1, -0.05) is 6.07 Å². The Hall–Kier alpha value is -1.85. The van der Waals surface area contributed by atoms with Crippen molar-refractivity contribution in [1.29, 1.82) is 0 Å². The van der Waals surface area contributed by atoms with Crippen molar-refractivity contribution in [1.82, 2.24) is 5.32 Å². The van der Waals surface area contributed by atoms with E-state index in [0.717, 1.165) is 17.5 Å². The molecule has 0 saturated carbocycles. The van der Waals surface area contributed by atoms with Gasteiger partial charge in [0.05, 0.1) is 5.60 Å². The molecule has 0 unspecified atom stereocenters. The third-order valence-corrected chi connectivity index (χ3v) is 3.22. The average molecular weight is 277 g/mol. The van der Waals surface area contributed by atoms with E-state index in [4.69, 9.17) is 14.3 Å². The average Bonchev–Trinajstić information content (AvgIpc) is 2.82. The molecule has 5 nitrogen and oxygen atoms in total. The highest BCUT2D eigenvalue weighted by Gasteiger charge is 2.15. The van der Waals surface area contributed by atoms with E-state index in [1.165, 1.54) is 0 Å². The molecule has 20 heavy (non-hydrogen) atoms. The molecule has 5 heteroatoms. The maximum Gasteiger partial charge on any atom is 0.371 e. The van der Waals surface area contributed by atoms with E-state index in [1.807, 2.05) is 26.0 Å². The topological polar surface area (TPSA) is 71.7 Å². The molecule has 0 aliphatic carbocycles. The predicted octanol–water partition coefficient (Wildman–Crippen LogP) is 2.65. The van der Waals surface area contributed by atoms with Crippen LogP contribution in [-0.2, 0) is 11.3 Å². The minimum atomic E-state index is -1.05.